The van der Waals surface area contributed by atoms with Crippen LogP contribution in [0.5, 0.6) is 5.75 Å². The lowest BCUT2D eigenvalue weighted by molar-refractivity contribution is -0.151. The molecule has 0 bridgehead atoms. The summed E-state index contributed by atoms with van der Waals surface area (Å²) >= 11 is 1.24. The van der Waals surface area contributed by atoms with Crippen molar-refractivity contribution in [3.63, 3.8) is 0 Å². The molecule has 3 heterocycles. The first-order valence-corrected chi connectivity index (χ1v) is 8.96. The topological polar surface area (TPSA) is 123 Å². The average molecular weight is 393 g/mol. The molecule has 0 aromatic heterocycles. The maximum Gasteiger partial charge on any atom is 0.512 e. The monoisotopic (exact) mass is 393 g/mol. The molecule has 1 aromatic rings. The van der Waals surface area contributed by atoms with Crippen LogP contribution in [0.1, 0.15) is 28.4 Å². The molecule has 1 fully saturated rings. The predicted molar refractivity (Wildman–Crippen MR) is 90.7 cm³/mol. The summed E-state index contributed by atoms with van der Waals surface area (Å²) in [4.78, 5) is 37.0. The Balaban J connectivity index is 1.63. The number of rotatable bonds is 5. The van der Waals surface area contributed by atoms with Crippen LogP contribution in [0.15, 0.2) is 29.0 Å². The van der Waals surface area contributed by atoms with Gasteiger partial charge >= 0.3 is 12.1 Å². The predicted octanol–water partition coefficient (Wildman–Crippen LogP) is 1.68. The van der Waals surface area contributed by atoms with Crippen LogP contribution in [-0.4, -0.2) is 52.2 Å². The maximum absolute atomic E-state index is 12.1. The van der Waals surface area contributed by atoms with Crippen LogP contribution in [0, 0.1) is 5.92 Å². The molecule has 1 amide bonds. The van der Waals surface area contributed by atoms with Crippen LogP contribution in [0.3, 0.4) is 0 Å². The zero-order chi connectivity index (χ0) is 19.3. The van der Waals surface area contributed by atoms with Crippen LogP contribution < -0.4 is 4.74 Å². The molecule has 0 radical (unpaired) electrons. The number of carbonyl (C=O) groups excluding carboxylic acids is 2. The molecular formula is C17H15NO8S. The third kappa shape index (κ3) is 2.72. The molecule has 142 valence electrons. The summed E-state index contributed by atoms with van der Waals surface area (Å²) in [6, 6.07) is 5.01. The lowest BCUT2D eigenvalue weighted by atomic mass is 9.99. The first kappa shape index (κ1) is 17.7. The number of carbonyl (C=O) groups is 3. The van der Waals surface area contributed by atoms with E-state index in [0.29, 0.717) is 21.8 Å². The van der Waals surface area contributed by atoms with Crippen LogP contribution in [-0.2, 0) is 14.3 Å². The quantitative estimate of drug-likeness (QED) is 0.568. The second-order valence-corrected chi connectivity index (χ2v) is 7.36. The van der Waals surface area contributed by atoms with Gasteiger partial charge in [-0.1, -0.05) is 17.8 Å². The number of aliphatic hydroxyl groups is 1. The van der Waals surface area contributed by atoms with Crippen molar-refractivity contribution in [3.8, 4) is 5.75 Å². The number of esters is 1. The third-order valence-corrected chi connectivity index (χ3v) is 6.11. The molecule has 0 saturated carbocycles. The second kappa shape index (κ2) is 6.46. The standard InChI is InChI=1S/C17H15NO8S/c1-24-7-2-3-8-9(4-7)16(21)25-11(8)5-12-14(26-17(22)23)18-13(20)10(6-19)15(18)27-12/h2-4,10-11,15,19H,5-6H2,1H3,(H,22,23)/t10-,11?,15+/m0/s1. The molecule has 10 heteroatoms. The van der Waals surface area contributed by atoms with Gasteiger partial charge in [-0.25, -0.2) is 9.59 Å². The lowest BCUT2D eigenvalue weighted by Crippen LogP contribution is -2.58. The van der Waals surface area contributed by atoms with E-state index in [0.717, 1.165) is 0 Å². The number of ether oxygens (including phenoxy) is 3. The number of carboxylic acid groups (broad SMARTS) is 1. The van der Waals surface area contributed by atoms with Gasteiger partial charge in [0.15, 0.2) is 0 Å². The minimum atomic E-state index is -1.54. The van der Waals surface area contributed by atoms with Gasteiger partial charge in [-0.3, -0.25) is 9.69 Å². The van der Waals surface area contributed by atoms with Crippen molar-refractivity contribution < 1.29 is 38.8 Å². The number of thioether (sulfide) groups is 1. The van der Waals surface area contributed by atoms with Gasteiger partial charge in [0.1, 0.15) is 17.2 Å². The Labute approximate surface area is 157 Å². The SMILES string of the molecule is COc1ccc2c(c1)C(=O)OC2CC1=C(OC(=O)O)N2C(=O)[C@H](CO)[C@H]2S1. The van der Waals surface area contributed by atoms with E-state index in [1.54, 1.807) is 18.2 Å². The fourth-order valence-electron chi connectivity index (χ4n) is 3.39. The summed E-state index contributed by atoms with van der Waals surface area (Å²) in [5, 5.41) is 17.9. The highest BCUT2D eigenvalue weighted by Gasteiger charge is 2.56. The first-order valence-electron chi connectivity index (χ1n) is 8.08. The molecule has 3 atom stereocenters. The number of nitrogens with zero attached hydrogens (tertiary/aromatic N) is 1. The molecule has 1 aromatic carbocycles. The van der Waals surface area contributed by atoms with Crippen molar-refractivity contribution in [2.75, 3.05) is 13.7 Å². The van der Waals surface area contributed by atoms with Gasteiger partial charge < -0.3 is 24.4 Å². The van der Waals surface area contributed by atoms with Gasteiger partial charge in [0.25, 0.3) is 0 Å². The van der Waals surface area contributed by atoms with Crippen LogP contribution >= 0.6 is 11.8 Å². The van der Waals surface area contributed by atoms with Crippen molar-refractivity contribution in [3.05, 3.63) is 40.1 Å². The van der Waals surface area contributed by atoms with Crippen molar-refractivity contribution in [2.24, 2.45) is 5.92 Å². The molecule has 1 saturated heterocycles. The number of hydrogen-bond acceptors (Lipinski definition) is 8. The van der Waals surface area contributed by atoms with Gasteiger partial charge in [0, 0.05) is 12.0 Å². The third-order valence-electron chi connectivity index (χ3n) is 4.70. The van der Waals surface area contributed by atoms with Crippen molar-refractivity contribution in [2.45, 2.75) is 17.9 Å². The van der Waals surface area contributed by atoms with E-state index in [9.17, 15) is 19.5 Å². The minimum Gasteiger partial charge on any atom is -0.497 e. The number of amides is 1. The van der Waals surface area contributed by atoms with Crippen LogP contribution in [0.25, 0.3) is 0 Å². The highest BCUT2D eigenvalue weighted by Crippen LogP contribution is 2.52. The number of cyclic esters (lactones) is 1. The summed E-state index contributed by atoms with van der Waals surface area (Å²) in [5.74, 6) is -1.05. The van der Waals surface area contributed by atoms with Gasteiger partial charge in [-0.15, -0.1) is 0 Å². The molecular weight excluding hydrogens is 378 g/mol. The zero-order valence-electron chi connectivity index (χ0n) is 14.1. The van der Waals surface area contributed by atoms with Crippen molar-refractivity contribution in [1.82, 2.24) is 4.90 Å². The lowest BCUT2D eigenvalue weighted by Gasteiger charge is -2.40. The van der Waals surface area contributed by atoms with Gasteiger partial charge in [-0.2, -0.15) is 0 Å². The average Bonchev–Trinajstić information content (AvgIpc) is 3.10. The summed E-state index contributed by atoms with van der Waals surface area (Å²) in [6.45, 7) is -0.332. The number of β-lactam (4-membered cyclic amide) rings is 1. The fourth-order valence-corrected chi connectivity index (χ4v) is 4.85. The van der Waals surface area contributed by atoms with E-state index in [1.165, 1.54) is 23.8 Å². The van der Waals surface area contributed by atoms with E-state index < -0.39 is 35.4 Å². The fraction of sp³-hybridized carbons (Fsp3) is 0.353. The van der Waals surface area contributed by atoms with E-state index in [1.807, 2.05) is 0 Å². The van der Waals surface area contributed by atoms with Crippen LogP contribution in [0.2, 0.25) is 0 Å². The van der Waals surface area contributed by atoms with Crippen molar-refractivity contribution in [1.29, 1.82) is 0 Å². The molecule has 0 aliphatic carbocycles. The first-order chi connectivity index (χ1) is 12.9. The minimum absolute atomic E-state index is 0.0785. The molecule has 9 nitrogen and oxygen atoms in total. The number of hydrogen-bond donors (Lipinski definition) is 2. The van der Waals surface area contributed by atoms with Crippen molar-refractivity contribution >= 4 is 29.8 Å². The number of methoxy groups -OCH3 is 1. The van der Waals surface area contributed by atoms with Crippen LogP contribution in [0.4, 0.5) is 4.79 Å². The highest BCUT2D eigenvalue weighted by atomic mass is 32.2. The van der Waals surface area contributed by atoms with E-state index in [4.69, 9.17) is 19.3 Å². The van der Waals surface area contributed by atoms with Gasteiger partial charge in [-0.05, 0) is 12.1 Å². The Hall–Kier alpha value is -2.72. The summed E-state index contributed by atoms with van der Waals surface area (Å²) < 4.78 is 15.4. The summed E-state index contributed by atoms with van der Waals surface area (Å²) in [6.07, 6.45) is -2.01. The molecule has 3 aliphatic rings. The maximum atomic E-state index is 12.1. The number of fused-ring (bicyclic) bond motifs is 2. The van der Waals surface area contributed by atoms with Gasteiger partial charge in [0.05, 0.1) is 30.1 Å². The summed E-state index contributed by atoms with van der Waals surface area (Å²) in [7, 11) is 1.49. The Morgan fingerprint density at radius 2 is 2.15 bits per heavy atom. The Morgan fingerprint density at radius 1 is 1.37 bits per heavy atom. The molecule has 27 heavy (non-hydrogen) atoms. The Morgan fingerprint density at radius 3 is 2.81 bits per heavy atom. The zero-order valence-corrected chi connectivity index (χ0v) is 14.9. The molecule has 2 N–H and O–H groups in total. The van der Waals surface area contributed by atoms with E-state index in [2.05, 4.69) is 0 Å². The molecule has 1 unspecified atom stereocenters. The Bertz CT molecular complexity index is 882. The molecule has 4 rings (SSSR count). The summed E-state index contributed by atoms with van der Waals surface area (Å²) in [5.41, 5.74) is 1.04. The number of benzene rings is 1. The largest absolute Gasteiger partial charge is 0.512 e. The second-order valence-electron chi connectivity index (χ2n) is 6.15. The van der Waals surface area contributed by atoms with E-state index >= 15 is 0 Å². The van der Waals surface area contributed by atoms with Gasteiger partial charge in [0.2, 0.25) is 11.8 Å². The normalized spacial score (nSPS) is 25.7. The van der Waals surface area contributed by atoms with E-state index in [-0.39, 0.29) is 18.9 Å². The molecule has 3 aliphatic heterocycles. The number of aliphatic hydroxyl groups excluding tert-OH is 1. The smallest absolute Gasteiger partial charge is 0.497 e. The highest BCUT2D eigenvalue weighted by molar-refractivity contribution is 8.04. The Kier molecular flexibility index (Phi) is 4.23. The molecule has 0 spiro atoms.